The zero-order chi connectivity index (χ0) is 22.0. The predicted molar refractivity (Wildman–Crippen MR) is 126 cm³/mol. The maximum absolute atomic E-state index is 13.4. The number of benzene rings is 3. The normalized spacial score (nSPS) is 14.8. The molecule has 0 aliphatic carbocycles. The first-order chi connectivity index (χ1) is 15.0. The molecule has 1 aliphatic rings. The number of phenols is 1. The molecular formula is C25H19Cl2NO3. The third kappa shape index (κ3) is 4.46. The molecule has 3 aromatic rings. The minimum absolute atomic E-state index is 0.0805. The van der Waals surface area contributed by atoms with E-state index in [1.54, 1.807) is 36.4 Å². The van der Waals surface area contributed by atoms with Gasteiger partial charge in [0, 0.05) is 21.7 Å². The Morgan fingerprint density at radius 1 is 0.968 bits per heavy atom. The molecular weight excluding hydrogens is 433 g/mol. The average molecular weight is 452 g/mol. The van der Waals surface area contributed by atoms with Gasteiger partial charge >= 0.3 is 0 Å². The first-order valence-corrected chi connectivity index (χ1v) is 10.5. The Labute approximate surface area is 190 Å². The summed E-state index contributed by atoms with van der Waals surface area (Å²) in [7, 11) is 0. The van der Waals surface area contributed by atoms with E-state index in [0.717, 1.165) is 16.9 Å². The fourth-order valence-corrected chi connectivity index (χ4v) is 3.67. The van der Waals surface area contributed by atoms with Crippen molar-refractivity contribution >= 4 is 46.6 Å². The second kappa shape index (κ2) is 8.88. The topological polar surface area (TPSA) is 49.8 Å². The largest absolute Gasteiger partial charge is 0.506 e. The van der Waals surface area contributed by atoms with Gasteiger partial charge in [-0.1, -0.05) is 47.5 Å². The lowest BCUT2D eigenvalue weighted by Crippen LogP contribution is -2.25. The summed E-state index contributed by atoms with van der Waals surface area (Å²) in [6.45, 7) is 2.52. The van der Waals surface area contributed by atoms with E-state index in [1.807, 2.05) is 43.3 Å². The molecule has 1 aliphatic heterocycles. The third-order valence-corrected chi connectivity index (χ3v) is 5.30. The lowest BCUT2D eigenvalue weighted by Gasteiger charge is -2.22. The van der Waals surface area contributed by atoms with Crippen LogP contribution in [-0.2, 0) is 4.79 Å². The summed E-state index contributed by atoms with van der Waals surface area (Å²) in [5.74, 6) is 0.437. The summed E-state index contributed by atoms with van der Waals surface area (Å²) in [4.78, 5) is 14.9. The van der Waals surface area contributed by atoms with Gasteiger partial charge in [-0.15, -0.1) is 0 Å². The molecule has 4 rings (SSSR count). The molecule has 0 atom stereocenters. The highest BCUT2D eigenvalue weighted by molar-refractivity contribution is 6.31. The third-order valence-electron chi connectivity index (χ3n) is 4.81. The first-order valence-electron chi connectivity index (χ1n) is 9.71. The molecule has 0 aromatic heterocycles. The van der Waals surface area contributed by atoms with Gasteiger partial charge in [0.15, 0.2) is 0 Å². The van der Waals surface area contributed by atoms with Crippen LogP contribution in [0.4, 0.5) is 5.69 Å². The summed E-state index contributed by atoms with van der Waals surface area (Å²) < 4.78 is 5.48. The Bertz CT molecular complexity index is 1180. The molecule has 0 radical (unpaired) electrons. The van der Waals surface area contributed by atoms with E-state index >= 15 is 0 Å². The van der Waals surface area contributed by atoms with Crippen molar-refractivity contribution in [2.75, 3.05) is 11.5 Å². The van der Waals surface area contributed by atoms with Crippen molar-refractivity contribution in [1.29, 1.82) is 0 Å². The van der Waals surface area contributed by atoms with Gasteiger partial charge in [-0.25, -0.2) is 0 Å². The number of hydrogen-bond acceptors (Lipinski definition) is 3. The number of halogens is 2. The average Bonchev–Trinajstić information content (AvgIpc) is 3.06. The van der Waals surface area contributed by atoms with Gasteiger partial charge in [0.25, 0.3) is 5.91 Å². The Morgan fingerprint density at radius 3 is 2.29 bits per heavy atom. The molecule has 1 N–H and O–H groups in total. The first kappa shape index (κ1) is 21.0. The molecule has 0 fully saturated rings. The van der Waals surface area contributed by atoms with Crippen molar-refractivity contribution in [3.63, 3.8) is 0 Å². The summed E-state index contributed by atoms with van der Waals surface area (Å²) in [5, 5.41) is 11.5. The van der Waals surface area contributed by atoms with E-state index in [2.05, 4.69) is 0 Å². The van der Waals surface area contributed by atoms with Crippen LogP contribution in [0.25, 0.3) is 11.8 Å². The second-order valence-electron chi connectivity index (χ2n) is 6.91. The van der Waals surface area contributed by atoms with Crippen LogP contribution in [0.5, 0.6) is 11.5 Å². The zero-order valence-corrected chi connectivity index (χ0v) is 18.2. The van der Waals surface area contributed by atoms with Crippen LogP contribution in [0.3, 0.4) is 0 Å². The van der Waals surface area contributed by atoms with Gasteiger partial charge in [-0.3, -0.25) is 9.69 Å². The SMILES string of the molecule is CCOc1ccc(/C=C2/C=C(c3ccc(Cl)cc3)N(c3ccc(Cl)cc3O)C2=O)cc1. The molecule has 0 bridgehead atoms. The molecule has 0 spiro atoms. The fraction of sp³-hybridized carbons (Fsp3) is 0.0800. The van der Waals surface area contributed by atoms with Gasteiger partial charge in [-0.05, 0) is 66.6 Å². The number of rotatable bonds is 5. The summed E-state index contributed by atoms with van der Waals surface area (Å²) in [5.41, 5.74) is 3.13. The number of ether oxygens (including phenoxy) is 1. The van der Waals surface area contributed by atoms with Crippen LogP contribution >= 0.6 is 23.2 Å². The van der Waals surface area contributed by atoms with Gasteiger partial charge < -0.3 is 9.84 Å². The standard InChI is InChI=1S/C25H19Cl2NO3/c1-2-31-21-10-3-16(4-11-21)13-18-14-23(17-5-7-19(26)8-6-17)28(25(18)30)22-12-9-20(27)15-24(22)29/h3-15,29H,2H2,1H3/b18-13-. The molecule has 1 amide bonds. The number of phenolic OH excluding ortho intramolecular Hbond substituents is 1. The molecule has 156 valence electrons. The van der Waals surface area contributed by atoms with Crippen molar-refractivity contribution < 1.29 is 14.6 Å². The van der Waals surface area contributed by atoms with Crippen molar-refractivity contribution in [3.05, 3.63) is 99.6 Å². The van der Waals surface area contributed by atoms with Crippen LogP contribution in [-0.4, -0.2) is 17.6 Å². The van der Waals surface area contributed by atoms with Crippen molar-refractivity contribution in [2.45, 2.75) is 6.92 Å². The van der Waals surface area contributed by atoms with Crippen LogP contribution < -0.4 is 9.64 Å². The number of carbonyl (C=O) groups is 1. The number of nitrogens with zero attached hydrogens (tertiary/aromatic N) is 1. The number of anilines is 1. The fourth-order valence-electron chi connectivity index (χ4n) is 3.38. The van der Waals surface area contributed by atoms with E-state index in [4.69, 9.17) is 27.9 Å². The Morgan fingerprint density at radius 2 is 1.65 bits per heavy atom. The maximum Gasteiger partial charge on any atom is 0.263 e. The predicted octanol–water partition coefficient (Wildman–Crippen LogP) is 6.57. The van der Waals surface area contributed by atoms with Crippen LogP contribution in [0.2, 0.25) is 10.0 Å². The number of hydrogen-bond donors (Lipinski definition) is 1. The zero-order valence-electron chi connectivity index (χ0n) is 16.7. The van der Waals surface area contributed by atoms with E-state index < -0.39 is 0 Å². The number of aromatic hydroxyl groups is 1. The highest BCUT2D eigenvalue weighted by Gasteiger charge is 2.32. The number of carbonyl (C=O) groups excluding carboxylic acids is 1. The highest BCUT2D eigenvalue weighted by atomic mass is 35.5. The second-order valence-corrected chi connectivity index (χ2v) is 7.78. The minimum atomic E-state index is -0.253. The highest BCUT2D eigenvalue weighted by Crippen LogP contribution is 2.40. The summed E-state index contributed by atoms with van der Waals surface area (Å²) in [6, 6.07) is 19.4. The van der Waals surface area contributed by atoms with Gasteiger partial charge in [0.1, 0.15) is 11.5 Å². The molecule has 3 aromatic carbocycles. The molecule has 1 heterocycles. The maximum atomic E-state index is 13.4. The van der Waals surface area contributed by atoms with Crippen LogP contribution in [0.1, 0.15) is 18.1 Å². The van der Waals surface area contributed by atoms with Crippen molar-refractivity contribution in [2.24, 2.45) is 0 Å². The van der Waals surface area contributed by atoms with Gasteiger partial charge in [-0.2, -0.15) is 0 Å². The van der Waals surface area contributed by atoms with Gasteiger partial charge in [0.05, 0.1) is 18.0 Å². The Balaban J connectivity index is 1.78. The summed E-state index contributed by atoms with van der Waals surface area (Å²) in [6.07, 6.45) is 3.61. The molecule has 4 nitrogen and oxygen atoms in total. The molecule has 6 heteroatoms. The molecule has 31 heavy (non-hydrogen) atoms. The lowest BCUT2D eigenvalue weighted by atomic mass is 10.1. The summed E-state index contributed by atoms with van der Waals surface area (Å²) >= 11 is 12.0. The Kier molecular flexibility index (Phi) is 6.03. The smallest absolute Gasteiger partial charge is 0.263 e. The molecule has 0 saturated carbocycles. The quantitative estimate of drug-likeness (QED) is 0.446. The molecule has 0 saturated heterocycles. The van der Waals surface area contributed by atoms with Crippen LogP contribution in [0.15, 0.2) is 78.4 Å². The van der Waals surface area contributed by atoms with E-state index in [-0.39, 0.29) is 11.7 Å². The van der Waals surface area contributed by atoms with Crippen LogP contribution in [0, 0.1) is 0 Å². The lowest BCUT2D eigenvalue weighted by molar-refractivity contribution is -0.113. The molecule has 0 unspecified atom stereocenters. The van der Waals surface area contributed by atoms with Crippen molar-refractivity contribution in [3.8, 4) is 11.5 Å². The van der Waals surface area contributed by atoms with E-state index in [1.165, 1.54) is 11.0 Å². The Hall–Kier alpha value is -3.21. The van der Waals surface area contributed by atoms with E-state index in [9.17, 15) is 9.90 Å². The van der Waals surface area contributed by atoms with Gasteiger partial charge in [0.2, 0.25) is 0 Å². The van der Waals surface area contributed by atoms with E-state index in [0.29, 0.717) is 33.6 Å². The number of amides is 1. The van der Waals surface area contributed by atoms with Crippen molar-refractivity contribution in [1.82, 2.24) is 0 Å². The monoisotopic (exact) mass is 451 g/mol. The minimum Gasteiger partial charge on any atom is -0.506 e.